The Morgan fingerprint density at radius 3 is 2.29 bits per heavy atom. The third-order valence-electron chi connectivity index (χ3n) is 4.09. The van der Waals surface area contributed by atoms with Crippen molar-refractivity contribution < 1.29 is 9.59 Å². The van der Waals surface area contributed by atoms with E-state index in [1.54, 1.807) is 0 Å². The minimum Gasteiger partial charge on any atom is -0.368 e. The lowest BCUT2D eigenvalue weighted by molar-refractivity contribution is -0.124. The van der Waals surface area contributed by atoms with Gasteiger partial charge in [-0.3, -0.25) is 15.0 Å². The smallest absolute Gasteiger partial charge is 0.321 e. The highest BCUT2D eigenvalue weighted by atomic mass is 35.5. The number of para-hydroxylation sites is 1. The highest BCUT2D eigenvalue weighted by molar-refractivity contribution is 6.33. The zero-order chi connectivity index (χ0) is 17.7. The van der Waals surface area contributed by atoms with Crippen LogP contribution in [0.4, 0.5) is 10.5 Å². The standard InChI is InChI=1S/C17H25ClN4O2/c1-12(2)19-17(24)20-16(23)13(3)21-8-10-22(11-9-21)15-7-5-4-6-14(15)18/h4-7,12-13H,8-11H2,1-3H3,(H2,19,20,23,24)/t13-/m1/s1. The summed E-state index contributed by atoms with van der Waals surface area (Å²) in [7, 11) is 0. The van der Waals surface area contributed by atoms with Crippen LogP contribution < -0.4 is 15.5 Å². The molecule has 1 heterocycles. The second-order valence-corrected chi connectivity index (χ2v) is 6.68. The molecule has 0 aliphatic carbocycles. The number of hydrogen-bond acceptors (Lipinski definition) is 4. The maximum absolute atomic E-state index is 12.2. The first-order chi connectivity index (χ1) is 11.4. The van der Waals surface area contributed by atoms with E-state index in [4.69, 9.17) is 11.6 Å². The molecule has 1 aliphatic rings. The molecule has 1 atom stereocenters. The van der Waals surface area contributed by atoms with Gasteiger partial charge in [0.05, 0.1) is 16.8 Å². The molecule has 0 saturated carbocycles. The minimum atomic E-state index is -0.448. The molecular formula is C17H25ClN4O2. The first-order valence-corrected chi connectivity index (χ1v) is 8.61. The summed E-state index contributed by atoms with van der Waals surface area (Å²) in [6.45, 7) is 8.59. The number of halogens is 1. The van der Waals surface area contributed by atoms with Gasteiger partial charge >= 0.3 is 6.03 Å². The molecule has 1 saturated heterocycles. The fraction of sp³-hybridized carbons (Fsp3) is 0.529. The van der Waals surface area contributed by atoms with Crippen LogP contribution in [0.25, 0.3) is 0 Å². The van der Waals surface area contributed by atoms with Gasteiger partial charge in [0.2, 0.25) is 5.91 Å². The number of rotatable bonds is 4. The Morgan fingerprint density at radius 1 is 1.08 bits per heavy atom. The first-order valence-electron chi connectivity index (χ1n) is 8.23. The second kappa shape index (κ2) is 8.35. The van der Waals surface area contributed by atoms with Crippen LogP contribution >= 0.6 is 11.6 Å². The second-order valence-electron chi connectivity index (χ2n) is 6.27. The van der Waals surface area contributed by atoms with Crippen molar-refractivity contribution in [3.63, 3.8) is 0 Å². The lowest BCUT2D eigenvalue weighted by Crippen LogP contribution is -2.55. The van der Waals surface area contributed by atoms with Crippen molar-refractivity contribution in [2.45, 2.75) is 32.9 Å². The van der Waals surface area contributed by atoms with E-state index in [1.165, 1.54) is 0 Å². The Labute approximate surface area is 148 Å². The van der Waals surface area contributed by atoms with Gasteiger partial charge in [0, 0.05) is 32.2 Å². The van der Waals surface area contributed by atoms with Crippen LogP contribution in [0.3, 0.4) is 0 Å². The molecule has 0 spiro atoms. The van der Waals surface area contributed by atoms with E-state index in [9.17, 15) is 9.59 Å². The highest BCUT2D eigenvalue weighted by Gasteiger charge is 2.27. The van der Waals surface area contributed by atoms with Gasteiger partial charge in [0.25, 0.3) is 0 Å². The molecule has 0 aromatic heterocycles. The van der Waals surface area contributed by atoms with Crippen LogP contribution in [0.15, 0.2) is 24.3 Å². The van der Waals surface area contributed by atoms with Crippen LogP contribution in [0, 0.1) is 0 Å². The summed E-state index contributed by atoms with van der Waals surface area (Å²) in [5.74, 6) is -0.278. The van der Waals surface area contributed by atoms with Gasteiger partial charge in [-0.15, -0.1) is 0 Å². The molecule has 132 valence electrons. The van der Waals surface area contributed by atoms with Gasteiger partial charge in [-0.1, -0.05) is 23.7 Å². The van der Waals surface area contributed by atoms with Crippen LogP contribution in [-0.2, 0) is 4.79 Å². The Kier molecular flexibility index (Phi) is 6.45. The Bertz CT molecular complexity index is 586. The Hall–Kier alpha value is -1.79. The van der Waals surface area contributed by atoms with Crippen LogP contribution in [0.5, 0.6) is 0 Å². The van der Waals surface area contributed by atoms with Crippen molar-refractivity contribution in [3.8, 4) is 0 Å². The SMILES string of the molecule is CC(C)NC(=O)NC(=O)[C@@H](C)N1CCN(c2ccccc2Cl)CC1. The number of hydrogen-bond donors (Lipinski definition) is 2. The van der Waals surface area contributed by atoms with Crippen molar-refractivity contribution in [2.75, 3.05) is 31.1 Å². The van der Waals surface area contributed by atoms with Gasteiger partial charge in [0.15, 0.2) is 0 Å². The van der Waals surface area contributed by atoms with Crippen LogP contribution in [-0.4, -0.2) is 55.1 Å². The zero-order valence-electron chi connectivity index (χ0n) is 14.4. The van der Waals surface area contributed by atoms with E-state index in [0.717, 1.165) is 36.9 Å². The number of benzene rings is 1. The summed E-state index contributed by atoms with van der Waals surface area (Å²) < 4.78 is 0. The van der Waals surface area contributed by atoms with Gasteiger partial charge in [-0.05, 0) is 32.9 Å². The van der Waals surface area contributed by atoms with Gasteiger partial charge in [0.1, 0.15) is 0 Å². The molecule has 7 heteroatoms. The molecule has 6 nitrogen and oxygen atoms in total. The molecule has 1 aromatic rings. The van der Waals surface area contributed by atoms with Crippen molar-refractivity contribution in [2.24, 2.45) is 0 Å². The predicted octanol–water partition coefficient (Wildman–Crippen LogP) is 2.08. The highest BCUT2D eigenvalue weighted by Crippen LogP contribution is 2.26. The summed E-state index contributed by atoms with van der Waals surface area (Å²) in [4.78, 5) is 28.1. The van der Waals surface area contributed by atoms with E-state index in [1.807, 2.05) is 45.0 Å². The van der Waals surface area contributed by atoms with E-state index < -0.39 is 6.03 Å². The Balaban J connectivity index is 1.86. The molecular weight excluding hydrogens is 328 g/mol. The number of piperazine rings is 1. The van der Waals surface area contributed by atoms with E-state index >= 15 is 0 Å². The average Bonchev–Trinajstić information content (AvgIpc) is 2.54. The largest absolute Gasteiger partial charge is 0.368 e. The maximum Gasteiger partial charge on any atom is 0.321 e. The van der Waals surface area contributed by atoms with E-state index in [0.29, 0.717) is 0 Å². The topological polar surface area (TPSA) is 64.7 Å². The van der Waals surface area contributed by atoms with Crippen molar-refractivity contribution in [1.29, 1.82) is 0 Å². The number of amides is 3. The molecule has 2 N–H and O–H groups in total. The summed E-state index contributed by atoms with van der Waals surface area (Å²) in [6, 6.07) is 6.96. The molecule has 1 aromatic carbocycles. The first kappa shape index (κ1) is 18.5. The molecule has 1 fully saturated rings. The summed E-state index contributed by atoms with van der Waals surface area (Å²) in [5.41, 5.74) is 1.02. The van der Waals surface area contributed by atoms with Crippen LogP contribution in [0.2, 0.25) is 5.02 Å². The number of urea groups is 1. The van der Waals surface area contributed by atoms with Gasteiger partial charge < -0.3 is 10.2 Å². The quantitative estimate of drug-likeness (QED) is 0.870. The van der Waals surface area contributed by atoms with Crippen molar-refractivity contribution >= 4 is 29.2 Å². The number of nitrogens with one attached hydrogen (secondary N) is 2. The summed E-state index contributed by atoms with van der Waals surface area (Å²) in [6.07, 6.45) is 0. The molecule has 24 heavy (non-hydrogen) atoms. The normalized spacial score (nSPS) is 16.8. The van der Waals surface area contributed by atoms with Gasteiger partial charge in [-0.25, -0.2) is 4.79 Å². The third kappa shape index (κ3) is 4.85. The predicted molar refractivity (Wildman–Crippen MR) is 96.5 cm³/mol. The van der Waals surface area contributed by atoms with Crippen LogP contribution in [0.1, 0.15) is 20.8 Å². The minimum absolute atomic E-state index is 0.00716. The van der Waals surface area contributed by atoms with Crippen molar-refractivity contribution in [1.82, 2.24) is 15.5 Å². The monoisotopic (exact) mass is 352 g/mol. The number of imide groups is 1. The Morgan fingerprint density at radius 2 is 1.71 bits per heavy atom. The van der Waals surface area contributed by atoms with Crippen molar-refractivity contribution in [3.05, 3.63) is 29.3 Å². The fourth-order valence-electron chi connectivity index (χ4n) is 2.74. The molecule has 0 unspecified atom stereocenters. The molecule has 0 radical (unpaired) electrons. The van der Waals surface area contributed by atoms with E-state index in [-0.39, 0.29) is 18.0 Å². The summed E-state index contributed by atoms with van der Waals surface area (Å²) >= 11 is 6.24. The molecule has 2 rings (SSSR count). The molecule has 3 amide bonds. The number of anilines is 1. The third-order valence-corrected chi connectivity index (χ3v) is 4.41. The number of nitrogens with zero attached hydrogens (tertiary/aromatic N) is 2. The molecule has 1 aliphatic heterocycles. The number of carbonyl (C=O) groups is 2. The zero-order valence-corrected chi connectivity index (χ0v) is 15.1. The summed E-state index contributed by atoms with van der Waals surface area (Å²) in [5, 5.41) is 5.79. The molecule has 0 bridgehead atoms. The number of carbonyl (C=O) groups excluding carboxylic acids is 2. The fourth-order valence-corrected chi connectivity index (χ4v) is 2.99. The van der Waals surface area contributed by atoms with Gasteiger partial charge in [-0.2, -0.15) is 0 Å². The maximum atomic E-state index is 12.2. The average molecular weight is 353 g/mol. The lowest BCUT2D eigenvalue weighted by Gasteiger charge is -2.38. The van der Waals surface area contributed by atoms with E-state index in [2.05, 4.69) is 20.4 Å². The lowest BCUT2D eigenvalue weighted by atomic mass is 10.2.